The summed E-state index contributed by atoms with van der Waals surface area (Å²) in [4.78, 5) is 0. The SMILES string of the molecule is C=CCO[C@@H](CC=C)C1=COC(C)(C)O1. The van der Waals surface area contributed by atoms with Crippen LogP contribution in [0.25, 0.3) is 0 Å². The highest BCUT2D eigenvalue weighted by molar-refractivity contribution is 5.04. The second-order valence-corrected chi connectivity index (χ2v) is 3.77. The van der Waals surface area contributed by atoms with Crippen LogP contribution in [-0.4, -0.2) is 18.5 Å². The molecule has 3 heteroatoms. The van der Waals surface area contributed by atoms with E-state index in [1.165, 1.54) is 0 Å². The minimum atomic E-state index is -0.591. The summed E-state index contributed by atoms with van der Waals surface area (Å²) in [6, 6.07) is 0. The van der Waals surface area contributed by atoms with Gasteiger partial charge in [0, 0.05) is 13.8 Å². The first-order chi connectivity index (χ1) is 7.09. The Balaban J connectivity index is 2.56. The summed E-state index contributed by atoms with van der Waals surface area (Å²) >= 11 is 0. The third kappa shape index (κ3) is 3.44. The van der Waals surface area contributed by atoms with Crippen LogP contribution < -0.4 is 0 Å². The molecule has 1 aliphatic rings. The Morgan fingerprint density at radius 3 is 2.67 bits per heavy atom. The minimum absolute atomic E-state index is 0.137. The molecular weight excluding hydrogens is 192 g/mol. The van der Waals surface area contributed by atoms with Gasteiger partial charge >= 0.3 is 0 Å². The van der Waals surface area contributed by atoms with Gasteiger partial charge in [-0.3, -0.25) is 0 Å². The molecular formula is C12H18O3. The van der Waals surface area contributed by atoms with E-state index in [0.29, 0.717) is 18.8 Å². The van der Waals surface area contributed by atoms with Crippen molar-refractivity contribution in [1.29, 1.82) is 0 Å². The zero-order valence-electron chi connectivity index (χ0n) is 9.36. The molecule has 0 aromatic rings. The van der Waals surface area contributed by atoms with Gasteiger partial charge in [0.25, 0.3) is 0 Å². The molecule has 0 saturated carbocycles. The van der Waals surface area contributed by atoms with E-state index in [9.17, 15) is 0 Å². The molecule has 0 N–H and O–H groups in total. The summed E-state index contributed by atoms with van der Waals surface area (Å²) < 4.78 is 16.5. The standard InChI is InChI=1S/C12H18O3/c1-5-7-10(13-8-6-2)11-9-14-12(3,4)15-11/h5-6,9-10H,1-2,7-8H2,3-4H3/t10-/m0/s1. The van der Waals surface area contributed by atoms with Crippen molar-refractivity contribution < 1.29 is 14.2 Å². The molecule has 1 heterocycles. The molecule has 3 nitrogen and oxygen atoms in total. The lowest BCUT2D eigenvalue weighted by Gasteiger charge is -2.21. The van der Waals surface area contributed by atoms with Crippen LogP contribution in [0, 0.1) is 0 Å². The fourth-order valence-electron chi connectivity index (χ4n) is 1.28. The van der Waals surface area contributed by atoms with Gasteiger partial charge in [-0.05, 0) is 6.42 Å². The fraction of sp³-hybridized carbons (Fsp3) is 0.500. The Bertz CT molecular complexity index is 266. The molecule has 0 radical (unpaired) electrons. The Hall–Kier alpha value is -1.22. The monoisotopic (exact) mass is 210 g/mol. The van der Waals surface area contributed by atoms with E-state index < -0.39 is 5.79 Å². The summed E-state index contributed by atoms with van der Waals surface area (Å²) in [7, 11) is 0. The van der Waals surface area contributed by atoms with E-state index >= 15 is 0 Å². The highest BCUT2D eigenvalue weighted by Gasteiger charge is 2.31. The number of ether oxygens (including phenoxy) is 3. The molecule has 0 fully saturated rings. The second kappa shape index (κ2) is 5.03. The maximum Gasteiger partial charge on any atom is 0.244 e. The summed E-state index contributed by atoms with van der Waals surface area (Å²) in [5, 5.41) is 0. The molecule has 0 aromatic carbocycles. The number of rotatable bonds is 6. The van der Waals surface area contributed by atoms with Crippen LogP contribution in [0.2, 0.25) is 0 Å². The molecule has 15 heavy (non-hydrogen) atoms. The van der Waals surface area contributed by atoms with Crippen molar-refractivity contribution in [3.63, 3.8) is 0 Å². The molecule has 1 aliphatic heterocycles. The first-order valence-corrected chi connectivity index (χ1v) is 4.99. The number of hydrogen-bond acceptors (Lipinski definition) is 3. The molecule has 0 aromatic heterocycles. The molecule has 84 valence electrons. The maximum absolute atomic E-state index is 5.59. The molecule has 1 rings (SSSR count). The summed E-state index contributed by atoms with van der Waals surface area (Å²) in [6.45, 7) is 11.5. The van der Waals surface area contributed by atoms with Crippen LogP contribution in [0.5, 0.6) is 0 Å². The third-order valence-corrected chi connectivity index (χ3v) is 1.94. The van der Waals surface area contributed by atoms with Crippen LogP contribution in [0.3, 0.4) is 0 Å². The molecule has 0 bridgehead atoms. The summed E-state index contributed by atoms with van der Waals surface area (Å²) in [6.07, 6.45) is 5.67. The average Bonchev–Trinajstić information content (AvgIpc) is 2.53. The van der Waals surface area contributed by atoms with E-state index in [-0.39, 0.29) is 6.10 Å². The minimum Gasteiger partial charge on any atom is -0.457 e. The third-order valence-electron chi connectivity index (χ3n) is 1.94. The van der Waals surface area contributed by atoms with Crippen molar-refractivity contribution in [2.24, 2.45) is 0 Å². The summed E-state index contributed by atoms with van der Waals surface area (Å²) in [5.74, 6) is 0.119. The second-order valence-electron chi connectivity index (χ2n) is 3.77. The smallest absolute Gasteiger partial charge is 0.244 e. The molecule has 0 amide bonds. The Labute approximate surface area is 91.0 Å². The quantitative estimate of drug-likeness (QED) is 0.631. The van der Waals surface area contributed by atoms with E-state index in [0.717, 1.165) is 0 Å². The van der Waals surface area contributed by atoms with Crippen molar-refractivity contribution in [3.05, 3.63) is 37.3 Å². The van der Waals surface area contributed by atoms with E-state index in [1.54, 1.807) is 18.4 Å². The van der Waals surface area contributed by atoms with Crippen LogP contribution in [-0.2, 0) is 14.2 Å². The largest absolute Gasteiger partial charge is 0.457 e. The molecule has 0 spiro atoms. The van der Waals surface area contributed by atoms with Gasteiger partial charge in [0.2, 0.25) is 5.79 Å². The zero-order chi connectivity index (χ0) is 11.3. The lowest BCUT2D eigenvalue weighted by atomic mass is 10.2. The van der Waals surface area contributed by atoms with Gasteiger partial charge in [0.05, 0.1) is 6.61 Å². The first kappa shape index (κ1) is 11.9. The van der Waals surface area contributed by atoms with Crippen LogP contribution >= 0.6 is 0 Å². The summed E-state index contributed by atoms with van der Waals surface area (Å²) in [5.41, 5.74) is 0. The predicted octanol–water partition coefficient (Wildman–Crippen LogP) is 2.76. The van der Waals surface area contributed by atoms with Crippen LogP contribution in [0.4, 0.5) is 0 Å². The van der Waals surface area contributed by atoms with Crippen molar-refractivity contribution >= 4 is 0 Å². The van der Waals surface area contributed by atoms with Crippen LogP contribution in [0.15, 0.2) is 37.3 Å². The zero-order valence-corrected chi connectivity index (χ0v) is 9.36. The van der Waals surface area contributed by atoms with Gasteiger partial charge in [-0.15, -0.1) is 13.2 Å². The fourth-order valence-corrected chi connectivity index (χ4v) is 1.28. The van der Waals surface area contributed by atoms with Gasteiger partial charge in [0.15, 0.2) is 5.76 Å². The highest BCUT2D eigenvalue weighted by Crippen LogP contribution is 2.28. The molecule has 1 atom stereocenters. The van der Waals surface area contributed by atoms with Gasteiger partial charge in [-0.25, -0.2) is 0 Å². The Morgan fingerprint density at radius 1 is 1.47 bits per heavy atom. The average molecular weight is 210 g/mol. The van der Waals surface area contributed by atoms with E-state index in [2.05, 4.69) is 13.2 Å². The van der Waals surface area contributed by atoms with Gasteiger partial charge < -0.3 is 14.2 Å². The normalized spacial score (nSPS) is 19.7. The van der Waals surface area contributed by atoms with Crippen molar-refractivity contribution in [2.45, 2.75) is 32.2 Å². The van der Waals surface area contributed by atoms with Gasteiger partial charge in [0.1, 0.15) is 12.4 Å². The predicted molar refractivity (Wildman–Crippen MR) is 59.1 cm³/mol. The van der Waals surface area contributed by atoms with Crippen molar-refractivity contribution in [2.75, 3.05) is 6.61 Å². The van der Waals surface area contributed by atoms with E-state index in [4.69, 9.17) is 14.2 Å². The van der Waals surface area contributed by atoms with Crippen molar-refractivity contribution in [3.8, 4) is 0 Å². The van der Waals surface area contributed by atoms with Crippen molar-refractivity contribution in [1.82, 2.24) is 0 Å². The molecule has 0 saturated heterocycles. The van der Waals surface area contributed by atoms with Gasteiger partial charge in [-0.1, -0.05) is 12.2 Å². The lowest BCUT2D eigenvalue weighted by molar-refractivity contribution is -0.127. The first-order valence-electron chi connectivity index (χ1n) is 4.99. The highest BCUT2D eigenvalue weighted by atomic mass is 16.7. The lowest BCUT2D eigenvalue weighted by Crippen LogP contribution is -2.24. The molecule has 0 unspecified atom stereocenters. The topological polar surface area (TPSA) is 27.7 Å². The van der Waals surface area contributed by atoms with E-state index in [1.807, 2.05) is 13.8 Å². The number of hydrogen-bond donors (Lipinski definition) is 0. The van der Waals surface area contributed by atoms with Gasteiger partial charge in [-0.2, -0.15) is 0 Å². The molecule has 0 aliphatic carbocycles. The van der Waals surface area contributed by atoms with Crippen LogP contribution in [0.1, 0.15) is 20.3 Å². The maximum atomic E-state index is 5.59. The Kier molecular flexibility index (Phi) is 3.97. The Morgan fingerprint density at radius 2 is 2.20 bits per heavy atom.